The second kappa shape index (κ2) is 10.9. The first kappa shape index (κ1) is 27.0. The van der Waals surface area contributed by atoms with E-state index in [0.717, 1.165) is 32.3 Å². The van der Waals surface area contributed by atoms with Gasteiger partial charge in [-0.2, -0.15) is 0 Å². The van der Waals surface area contributed by atoms with Crippen LogP contribution in [0.15, 0.2) is 60.7 Å². The number of aliphatic hydroxyl groups is 1. The van der Waals surface area contributed by atoms with E-state index >= 15 is 0 Å². The molecule has 1 N–H and O–H groups in total. The fraction of sp³-hybridized carbons (Fsp3) is 0.613. The molecule has 1 aliphatic carbocycles. The van der Waals surface area contributed by atoms with Gasteiger partial charge in [0.15, 0.2) is 12.6 Å². The van der Waals surface area contributed by atoms with E-state index in [-0.39, 0.29) is 34.7 Å². The molecule has 1 saturated carbocycles. The molecule has 3 fully saturated rings. The highest BCUT2D eigenvalue weighted by atomic mass is 28.4. The van der Waals surface area contributed by atoms with Gasteiger partial charge in [-0.25, -0.2) is 0 Å². The van der Waals surface area contributed by atoms with Crippen LogP contribution in [0.3, 0.4) is 0 Å². The molecular weight excluding hydrogens is 480 g/mol. The topological polar surface area (TPSA) is 57.2 Å². The highest BCUT2D eigenvalue weighted by Crippen LogP contribution is 2.54. The first-order valence-electron chi connectivity index (χ1n) is 14.0. The standard InChI is InChI=1S/C31H44O5Si/c1-30(2,3)37(23-13-7-5-8-14-23,24-15-9-6-10-16-24)35-21-25-26-22-34-28(32)20-31(26,4)19-27(25)36-29-17-11-12-18-33-29/h5-10,13-16,25-29,32H,11-12,17-22H2,1-4H3. The van der Waals surface area contributed by atoms with Crippen LogP contribution in [0, 0.1) is 17.3 Å². The summed E-state index contributed by atoms with van der Waals surface area (Å²) >= 11 is 0. The number of hydrogen-bond donors (Lipinski definition) is 1. The molecule has 37 heavy (non-hydrogen) atoms. The summed E-state index contributed by atoms with van der Waals surface area (Å²) in [6.07, 6.45) is 3.89. The Morgan fingerprint density at radius 3 is 2.16 bits per heavy atom. The lowest BCUT2D eigenvalue weighted by molar-refractivity contribution is -0.199. The zero-order valence-electron chi connectivity index (χ0n) is 22.9. The molecule has 3 aliphatic rings. The highest BCUT2D eigenvalue weighted by molar-refractivity contribution is 6.99. The lowest BCUT2D eigenvalue weighted by Crippen LogP contribution is -2.67. The minimum Gasteiger partial charge on any atom is -0.407 e. The zero-order valence-corrected chi connectivity index (χ0v) is 23.9. The quantitative estimate of drug-likeness (QED) is 0.525. The summed E-state index contributed by atoms with van der Waals surface area (Å²) < 4.78 is 25.9. The van der Waals surface area contributed by atoms with Crippen molar-refractivity contribution in [3.8, 4) is 0 Å². The van der Waals surface area contributed by atoms with Crippen molar-refractivity contribution in [1.29, 1.82) is 0 Å². The molecule has 0 spiro atoms. The molecule has 2 aliphatic heterocycles. The number of ether oxygens (including phenoxy) is 3. The lowest BCUT2D eigenvalue weighted by Gasteiger charge is -2.45. The van der Waals surface area contributed by atoms with Crippen molar-refractivity contribution in [3.05, 3.63) is 60.7 Å². The third kappa shape index (κ3) is 5.34. The van der Waals surface area contributed by atoms with Crippen molar-refractivity contribution in [1.82, 2.24) is 0 Å². The Morgan fingerprint density at radius 1 is 0.946 bits per heavy atom. The van der Waals surface area contributed by atoms with E-state index in [1.165, 1.54) is 10.4 Å². The number of benzene rings is 2. The van der Waals surface area contributed by atoms with Crippen LogP contribution in [0.5, 0.6) is 0 Å². The Labute approximate surface area is 223 Å². The van der Waals surface area contributed by atoms with Gasteiger partial charge in [-0.05, 0) is 52.4 Å². The number of fused-ring (bicyclic) bond motifs is 1. The van der Waals surface area contributed by atoms with E-state index < -0.39 is 14.6 Å². The van der Waals surface area contributed by atoms with Gasteiger partial charge in [0, 0.05) is 25.6 Å². The normalized spacial score (nSPS) is 32.7. The summed E-state index contributed by atoms with van der Waals surface area (Å²) in [6, 6.07) is 21.7. The monoisotopic (exact) mass is 524 g/mol. The van der Waals surface area contributed by atoms with Gasteiger partial charge < -0.3 is 23.7 Å². The van der Waals surface area contributed by atoms with Crippen molar-refractivity contribution in [2.75, 3.05) is 19.8 Å². The average Bonchev–Trinajstić information content (AvgIpc) is 3.15. The Kier molecular flexibility index (Phi) is 7.97. The van der Waals surface area contributed by atoms with Crippen LogP contribution < -0.4 is 10.4 Å². The second-order valence-electron chi connectivity index (χ2n) is 12.6. The Hall–Kier alpha value is -1.54. The summed E-state index contributed by atoms with van der Waals surface area (Å²) in [5.74, 6) is 0.437. The van der Waals surface area contributed by atoms with E-state index in [9.17, 15) is 5.11 Å². The summed E-state index contributed by atoms with van der Waals surface area (Å²) in [5, 5.41) is 12.9. The van der Waals surface area contributed by atoms with Gasteiger partial charge in [0.25, 0.3) is 8.32 Å². The summed E-state index contributed by atoms with van der Waals surface area (Å²) in [4.78, 5) is 0. The van der Waals surface area contributed by atoms with Gasteiger partial charge >= 0.3 is 0 Å². The largest absolute Gasteiger partial charge is 0.407 e. The molecule has 6 atom stereocenters. The molecule has 2 aromatic carbocycles. The van der Waals surface area contributed by atoms with Crippen molar-refractivity contribution in [2.24, 2.45) is 17.3 Å². The van der Waals surface area contributed by atoms with Crippen LogP contribution in [0.4, 0.5) is 0 Å². The molecule has 5 rings (SSSR count). The van der Waals surface area contributed by atoms with Crippen LogP contribution in [0.25, 0.3) is 0 Å². The van der Waals surface area contributed by atoms with E-state index in [1.54, 1.807) is 0 Å². The zero-order chi connectivity index (χ0) is 26.1. The molecular formula is C31H44O5Si. The average molecular weight is 525 g/mol. The number of rotatable bonds is 7. The molecule has 2 saturated heterocycles. The smallest absolute Gasteiger partial charge is 0.261 e. The maximum absolute atomic E-state index is 10.4. The molecule has 6 unspecified atom stereocenters. The number of aliphatic hydroxyl groups excluding tert-OH is 1. The van der Waals surface area contributed by atoms with Gasteiger partial charge in [-0.1, -0.05) is 88.4 Å². The molecule has 5 nitrogen and oxygen atoms in total. The molecule has 0 aromatic heterocycles. The first-order chi connectivity index (χ1) is 17.7. The summed E-state index contributed by atoms with van der Waals surface area (Å²) in [6.45, 7) is 11.2. The number of hydrogen-bond acceptors (Lipinski definition) is 5. The lowest BCUT2D eigenvalue weighted by atomic mass is 9.73. The van der Waals surface area contributed by atoms with Crippen molar-refractivity contribution in [3.63, 3.8) is 0 Å². The predicted octanol–water partition coefficient (Wildman–Crippen LogP) is 4.86. The maximum atomic E-state index is 10.4. The minimum atomic E-state index is -2.67. The third-order valence-corrected chi connectivity index (χ3v) is 14.0. The molecule has 0 bridgehead atoms. The van der Waals surface area contributed by atoms with Gasteiger partial charge in [-0.3, -0.25) is 0 Å². The maximum Gasteiger partial charge on any atom is 0.261 e. The first-order valence-corrected chi connectivity index (χ1v) is 16.0. The van der Waals surface area contributed by atoms with Gasteiger partial charge in [0.2, 0.25) is 0 Å². The molecule has 2 heterocycles. The highest BCUT2D eigenvalue weighted by Gasteiger charge is 2.57. The van der Waals surface area contributed by atoms with E-state index in [2.05, 4.69) is 88.4 Å². The minimum absolute atomic E-state index is 0.0187. The van der Waals surface area contributed by atoms with Gasteiger partial charge in [0.05, 0.1) is 12.7 Å². The van der Waals surface area contributed by atoms with Crippen LogP contribution in [-0.2, 0) is 18.6 Å². The molecule has 202 valence electrons. The van der Waals surface area contributed by atoms with E-state index in [0.29, 0.717) is 19.6 Å². The van der Waals surface area contributed by atoms with Crippen LogP contribution in [0.2, 0.25) is 5.04 Å². The predicted molar refractivity (Wildman–Crippen MR) is 148 cm³/mol. The Balaban J connectivity index is 1.49. The Bertz CT molecular complexity index is 964. The van der Waals surface area contributed by atoms with E-state index in [1.807, 2.05) is 0 Å². The SMILES string of the molecule is CC12CC(O)OCC1C(CO[Si](c1ccccc1)(c1ccccc1)C(C)(C)C)C(OC1CCCCO1)C2. The van der Waals surface area contributed by atoms with E-state index in [4.69, 9.17) is 18.6 Å². The van der Waals surface area contributed by atoms with Crippen molar-refractivity contribution in [2.45, 2.75) is 83.5 Å². The van der Waals surface area contributed by atoms with Crippen molar-refractivity contribution < 1.29 is 23.7 Å². The molecule has 0 amide bonds. The fourth-order valence-electron chi connectivity index (χ4n) is 7.14. The van der Waals surface area contributed by atoms with Gasteiger partial charge in [-0.15, -0.1) is 0 Å². The summed E-state index contributed by atoms with van der Waals surface area (Å²) in [7, 11) is -2.67. The molecule has 2 aromatic rings. The van der Waals surface area contributed by atoms with Crippen molar-refractivity contribution >= 4 is 18.7 Å². The van der Waals surface area contributed by atoms with Crippen LogP contribution in [0.1, 0.15) is 59.8 Å². The second-order valence-corrected chi connectivity index (χ2v) is 16.9. The summed E-state index contributed by atoms with van der Waals surface area (Å²) in [5.41, 5.74) is -0.0452. The third-order valence-electron chi connectivity index (χ3n) is 9.04. The van der Waals surface area contributed by atoms with Gasteiger partial charge in [0.1, 0.15) is 0 Å². The molecule has 0 radical (unpaired) electrons. The van der Waals surface area contributed by atoms with Crippen LogP contribution in [-0.4, -0.2) is 51.9 Å². The Morgan fingerprint density at radius 2 is 1.59 bits per heavy atom. The fourth-order valence-corrected chi connectivity index (χ4v) is 11.7. The van der Waals surface area contributed by atoms with Crippen LogP contribution >= 0.6 is 0 Å². The molecule has 6 heteroatoms.